The lowest BCUT2D eigenvalue weighted by molar-refractivity contribution is 0.0698. The summed E-state index contributed by atoms with van der Waals surface area (Å²) in [5.74, 6) is -1.67. The zero-order valence-corrected chi connectivity index (χ0v) is 10.8. The highest BCUT2D eigenvalue weighted by Gasteiger charge is 2.41. The quantitative estimate of drug-likeness (QED) is 0.716. The standard InChI is InChI=1S/C12H15FN2O2S/c1-18-12(2-3-12)6-15-10-4-7(11(16)17)9(14)5-8(10)13/h4-5,15H,2-3,6,14H2,1H3,(H,16,17). The zero-order valence-electron chi connectivity index (χ0n) is 10.00. The molecule has 0 bridgehead atoms. The summed E-state index contributed by atoms with van der Waals surface area (Å²) in [7, 11) is 0. The third kappa shape index (κ3) is 2.53. The summed E-state index contributed by atoms with van der Waals surface area (Å²) in [6.45, 7) is 0.633. The first-order valence-corrected chi connectivity index (χ1v) is 6.81. The fourth-order valence-electron chi connectivity index (χ4n) is 1.76. The molecule has 0 aromatic heterocycles. The van der Waals surface area contributed by atoms with Crippen LogP contribution in [-0.4, -0.2) is 28.6 Å². The fraction of sp³-hybridized carbons (Fsp3) is 0.417. The van der Waals surface area contributed by atoms with Crippen molar-refractivity contribution in [2.24, 2.45) is 0 Å². The number of halogens is 1. The predicted octanol–water partition coefficient (Wildman–Crippen LogP) is 2.41. The maximum Gasteiger partial charge on any atom is 0.337 e. The Kier molecular flexibility index (Phi) is 3.38. The molecule has 0 atom stereocenters. The Morgan fingerprint density at radius 2 is 2.28 bits per heavy atom. The van der Waals surface area contributed by atoms with Gasteiger partial charge < -0.3 is 16.2 Å². The number of nitrogen functional groups attached to an aromatic ring is 1. The van der Waals surface area contributed by atoms with Gasteiger partial charge in [-0.3, -0.25) is 0 Å². The number of benzene rings is 1. The number of nitrogens with one attached hydrogen (secondary N) is 1. The molecular weight excluding hydrogens is 255 g/mol. The zero-order chi connectivity index (χ0) is 13.3. The molecule has 1 fully saturated rings. The van der Waals surface area contributed by atoms with Crippen molar-refractivity contribution in [1.82, 2.24) is 0 Å². The Labute approximate surface area is 109 Å². The molecule has 2 rings (SSSR count). The summed E-state index contributed by atoms with van der Waals surface area (Å²) in [6, 6.07) is 2.30. The molecule has 1 aromatic rings. The number of anilines is 2. The highest BCUT2D eigenvalue weighted by Crippen LogP contribution is 2.47. The van der Waals surface area contributed by atoms with Crippen molar-refractivity contribution in [2.45, 2.75) is 17.6 Å². The van der Waals surface area contributed by atoms with E-state index in [1.54, 1.807) is 11.8 Å². The molecule has 0 aliphatic heterocycles. The minimum Gasteiger partial charge on any atom is -0.478 e. The second-order valence-electron chi connectivity index (χ2n) is 4.47. The van der Waals surface area contributed by atoms with Crippen LogP contribution in [0.15, 0.2) is 12.1 Å². The van der Waals surface area contributed by atoms with Gasteiger partial charge in [0.2, 0.25) is 0 Å². The lowest BCUT2D eigenvalue weighted by atomic mass is 10.1. The average molecular weight is 270 g/mol. The van der Waals surface area contributed by atoms with E-state index < -0.39 is 11.8 Å². The molecule has 1 aliphatic carbocycles. The van der Waals surface area contributed by atoms with Crippen molar-refractivity contribution >= 4 is 29.1 Å². The first-order chi connectivity index (χ1) is 8.47. The van der Waals surface area contributed by atoms with Crippen molar-refractivity contribution in [3.63, 3.8) is 0 Å². The van der Waals surface area contributed by atoms with E-state index in [1.807, 2.05) is 6.26 Å². The molecule has 18 heavy (non-hydrogen) atoms. The highest BCUT2D eigenvalue weighted by atomic mass is 32.2. The van der Waals surface area contributed by atoms with Crippen molar-refractivity contribution in [3.05, 3.63) is 23.5 Å². The molecule has 4 nitrogen and oxygen atoms in total. The summed E-state index contributed by atoms with van der Waals surface area (Å²) < 4.78 is 13.8. The monoisotopic (exact) mass is 270 g/mol. The number of hydrogen-bond acceptors (Lipinski definition) is 4. The molecule has 0 amide bonds. The van der Waals surface area contributed by atoms with Crippen LogP contribution in [0.1, 0.15) is 23.2 Å². The van der Waals surface area contributed by atoms with Gasteiger partial charge in [-0.15, -0.1) is 0 Å². The predicted molar refractivity (Wildman–Crippen MR) is 71.7 cm³/mol. The van der Waals surface area contributed by atoms with E-state index in [4.69, 9.17) is 10.8 Å². The van der Waals surface area contributed by atoms with Gasteiger partial charge in [-0.25, -0.2) is 9.18 Å². The smallest absolute Gasteiger partial charge is 0.337 e. The van der Waals surface area contributed by atoms with Crippen LogP contribution < -0.4 is 11.1 Å². The molecule has 0 unspecified atom stereocenters. The van der Waals surface area contributed by atoms with E-state index in [0.29, 0.717) is 6.54 Å². The van der Waals surface area contributed by atoms with E-state index >= 15 is 0 Å². The van der Waals surface area contributed by atoms with Crippen LogP contribution in [0.3, 0.4) is 0 Å². The second-order valence-corrected chi connectivity index (χ2v) is 5.74. The Morgan fingerprint density at radius 1 is 1.61 bits per heavy atom. The average Bonchev–Trinajstić information content (AvgIpc) is 3.08. The van der Waals surface area contributed by atoms with E-state index in [-0.39, 0.29) is 21.7 Å². The molecule has 0 spiro atoms. The molecule has 4 N–H and O–H groups in total. The Bertz CT molecular complexity index is 489. The van der Waals surface area contributed by atoms with Crippen molar-refractivity contribution in [3.8, 4) is 0 Å². The van der Waals surface area contributed by atoms with Crippen LogP contribution >= 0.6 is 11.8 Å². The lowest BCUT2D eigenvalue weighted by Gasteiger charge is -2.15. The SMILES string of the molecule is CSC1(CNc2cc(C(=O)O)c(N)cc2F)CC1. The Balaban J connectivity index is 2.17. The number of carbonyl (C=O) groups is 1. The maximum absolute atomic E-state index is 13.7. The normalized spacial score (nSPS) is 16.3. The number of hydrogen-bond donors (Lipinski definition) is 3. The Morgan fingerprint density at radius 3 is 2.78 bits per heavy atom. The van der Waals surface area contributed by atoms with E-state index in [2.05, 4.69) is 5.32 Å². The van der Waals surface area contributed by atoms with Crippen LogP contribution in [0.4, 0.5) is 15.8 Å². The topological polar surface area (TPSA) is 75.3 Å². The number of nitrogens with two attached hydrogens (primary N) is 1. The van der Waals surface area contributed by atoms with Gasteiger partial charge in [-0.1, -0.05) is 0 Å². The van der Waals surface area contributed by atoms with E-state index in [1.165, 1.54) is 6.07 Å². The first kappa shape index (κ1) is 13.0. The van der Waals surface area contributed by atoms with Crippen LogP contribution in [0.5, 0.6) is 0 Å². The highest BCUT2D eigenvalue weighted by molar-refractivity contribution is 8.00. The molecule has 1 aromatic carbocycles. The minimum absolute atomic E-state index is 0.0587. The molecule has 1 saturated carbocycles. The molecule has 6 heteroatoms. The fourth-order valence-corrected chi connectivity index (χ4v) is 2.48. The van der Waals surface area contributed by atoms with Crippen molar-refractivity contribution in [1.29, 1.82) is 0 Å². The largest absolute Gasteiger partial charge is 0.478 e. The lowest BCUT2D eigenvalue weighted by Crippen LogP contribution is -2.18. The minimum atomic E-state index is -1.15. The van der Waals surface area contributed by atoms with E-state index in [9.17, 15) is 9.18 Å². The molecule has 1 aliphatic rings. The molecule has 0 saturated heterocycles. The summed E-state index contributed by atoms with van der Waals surface area (Å²) in [4.78, 5) is 10.9. The van der Waals surface area contributed by atoms with Crippen LogP contribution in [0.25, 0.3) is 0 Å². The summed E-state index contributed by atoms with van der Waals surface area (Å²) in [6.07, 6.45) is 4.23. The molecule has 0 radical (unpaired) electrons. The van der Waals surface area contributed by atoms with Gasteiger partial charge in [0.05, 0.1) is 11.3 Å². The van der Waals surface area contributed by atoms with Gasteiger partial charge >= 0.3 is 5.97 Å². The van der Waals surface area contributed by atoms with Gasteiger partial charge in [0.25, 0.3) is 0 Å². The summed E-state index contributed by atoms with van der Waals surface area (Å²) in [5, 5.41) is 11.9. The summed E-state index contributed by atoms with van der Waals surface area (Å²) >= 11 is 1.75. The van der Waals surface area contributed by atoms with Gasteiger partial charge in [0.1, 0.15) is 5.82 Å². The third-order valence-electron chi connectivity index (χ3n) is 3.21. The second kappa shape index (κ2) is 4.68. The number of carboxylic acid groups (broad SMARTS) is 1. The van der Waals surface area contributed by atoms with Crippen molar-refractivity contribution < 1.29 is 14.3 Å². The first-order valence-electron chi connectivity index (χ1n) is 5.59. The molecular formula is C12H15FN2O2S. The van der Waals surface area contributed by atoms with Gasteiger partial charge in [0.15, 0.2) is 0 Å². The van der Waals surface area contributed by atoms with Crippen LogP contribution in [-0.2, 0) is 0 Å². The number of thioether (sulfide) groups is 1. The van der Waals surface area contributed by atoms with E-state index in [0.717, 1.165) is 18.9 Å². The van der Waals surface area contributed by atoms with Gasteiger partial charge in [-0.2, -0.15) is 11.8 Å². The number of carboxylic acids is 1. The number of rotatable bonds is 5. The Hall–Kier alpha value is -1.43. The third-order valence-corrected chi connectivity index (χ3v) is 4.63. The molecule has 98 valence electrons. The van der Waals surface area contributed by atoms with Crippen LogP contribution in [0.2, 0.25) is 0 Å². The van der Waals surface area contributed by atoms with Crippen molar-refractivity contribution in [2.75, 3.05) is 23.9 Å². The van der Waals surface area contributed by atoms with Gasteiger partial charge in [-0.05, 0) is 31.2 Å². The molecule has 0 heterocycles. The van der Waals surface area contributed by atoms with Crippen LogP contribution in [0, 0.1) is 5.82 Å². The summed E-state index contributed by atoms with van der Waals surface area (Å²) in [5.41, 5.74) is 5.52. The maximum atomic E-state index is 13.7. The number of aromatic carboxylic acids is 1. The van der Waals surface area contributed by atoms with Gasteiger partial charge in [0, 0.05) is 17.0 Å².